The van der Waals surface area contributed by atoms with Crippen molar-refractivity contribution in [2.75, 3.05) is 14.1 Å². The molecule has 0 aliphatic heterocycles. The number of aryl methyl sites for hydroxylation is 3. The highest BCUT2D eigenvalue weighted by molar-refractivity contribution is 5.87. The van der Waals surface area contributed by atoms with Crippen molar-refractivity contribution in [3.63, 3.8) is 0 Å². The van der Waals surface area contributed by atoms with Crippen LogP contribution in [0.4, 0.5) is 0 Å². The molecule has 4 aromatic rings. The van der Waals surface area contributed by atoms with Crippen molar-refractivity contribution < 1.29 is 20.4 Å². The molecule has 3 saturated carbocycles. The number of rotatable bonds is 6. The molecule has 0 heterocycles. The highest BCUT2D eigenvalue weighted by atomic mass is 16.3. The molecule has 3 aliphatic rings. The predicted octanol–water partition coefficient (Wildman–Crippen LogP) is 16.0. The van der Waals surface area contributed by atoms with E-state index in [4.69, 9.17) is 4.99 Å². The van der Waals surface area contributed by atoms with Crippen LogP contribution in [-0.4, -0.2) is 71.5 Å². The van der Waals surface area contributed by atoms with Crippen molar-refractivity contribution in [2.45, 2.75) is 215 Å². The van der Waals surface area contributed by atoms with Gasteiger partial charge in [0.15, 0.2) is 0 Å². The molecule has 8 nitrogen and oxygen atoms in total. The van der Waals surface area contributed by atoms with Crippen molar-refractivity contribution in [2.24, 2.45) is 31.8 Å². The Balaban J connectivity index is 0.000000213. The van der Waals surface area contributed by atoms with Gasteiger partial charge in [0.25, 0.3) is 0 Å². The number of hydrogen-bond acceptors (Lipinski definition) is 8. The Bertz CT molecular complexity index is 2610. The number of phenolic OH excluding ortho intramolecular Hbond substituents is 4. The Morgan fingerprint density at radius 1 is 0.411 bits per heavy atom. The summed E-state index contributed by atoms with van der Waals surface area (Å²) in [5.41, 5.74) is 11.8. The second-order valence-corrected chi connectivity index (χ2v) is 26.5. The minimum atomic E-state index is -0.0817. The standard InChI is InChI=1S/C19H27NO.C17H25NO.C16H25NO.C13H19NO/c1-12-7-15(18(21)16(8-12)19(2,3)4)11-20-17-10-13-5-6-14(17)9-13;1-12-9-13(11-18-14-7-5-6-8-14)16(19)15(10-12)17(2,3)4;1-15(2,3)12-8-11(10-17-7)14(18)13(9-12)16(4,5)6;1-9-6-10(8-14-5)12(15)11(7-9)13(2,3)4/h7-8,11,13-14,17,21H,5-6,9-10H2,1-4H3;9-11,14,19H,5-8H2,1-4H3;8-10,18H,1-7H3;6-8,15H,1-5H3. The van der Waals surface area contributed by atoms with Crippen LogP contribution in [0.25, 0.3) is 0 Å². The third-order valence-electron chi connectivity index (χ3n) is 14.5. The summed E-state index contributed by atoms with van der Waals surface area (Å²) in [7, 11) is 3.43. The van der Waals surface area contributed by atoms with E-state index >= 15 is 0 Å². The van der Waals surface area contributed by atoms with E-state index in [0.29, 0.717) is 35.1 Å². The van der Waals surface area contributed by atoms with Crippen molar-refractivity contribution in [1.29, 1.82) is 0 Å². The third-order valence-corrected chi connectivity index (χ3v) is 14.5. The molecule has 3 aliphatic carbocycles. The molecular weight excluding hydrogens is 901 g/mol. The fourth-order valence-electron chi connectivity index (χ4n) is 10.3. The summed E-state index contributed by atoms with van der Waals surface area (Å²) in [4.78, 5) is 17.4. The van der Waals surface area contributed by atoms with Gasteiger partial charge in [-0.2, -0.15) is 0 Å². The first-order valence-electron chi connectivity index (χ1n) is 27.0. The van der Waals surface area contributed by atoms with Crippen molar-refractivity contribution in [3.05, 3.63) is 115 Å². The van der Waals surface area contributed by atoms with E-state index < -0.39 is 0 Å². The van der Waals surface area contributed by atoms with Gasteiger partial charge >= 0.3 is 0 Å². The van der Waals surface area contributed by atoms with Gasteiger partial charge in [-0.05, 0) is 138 Å². The second kappa shape index (κ2) is 24.4. The minimum Gasteiger partial charge on any atom is -0.507 e. The number of aliphatic imine (C=N–C) groups is 4. The first kappa shape index (κ1) is 60.3. The van der Waals surface area contributed by atoms with Crippen LogP contribution < -0.4 is 0 Å². The average Bonchev–Trinajstić information content (AvgIpc) is 4.05. The van der Waals surface area contributed by atoms with E-state index in [9.17, 15) is 20.4 Å². The van der Waals surface area contributed by atoms with E-state index in [1.54, 1.807) is 26.5 Å². The summed E-state index contributed by atoms with van der Waals surface area (Å²) < 4.78 is 0. The van der Waals surface area contributed by atoms with Gasteiger partial charge in [-0.1, -0.05) is 147 Å². The lowest BCUT2D eigenvalue weighted by Gasteiger charge is -2.26. The molecule has 0 aromatic heterocycles. The zero-order valence-electron chi connectivity index (χ0n) is 49.0. The lowest BCUT2D eigenvalue weighted by Crippen LogP contribution is -2.17. The first-order valence-corrected chi connectivity index (χ1v) is 27.0. The molecule has 4 aromatic carbocycles. The Morgan fingerprint density at radius 2 is 0.767 bits per heavy atom. The molecule has 3 unspecified atom stereocenters. The number of hydrogen-bond donors (Lipinski definition) is 4. The molecule has 2 bridgehead atoms. The smallest absolute Gasteiger partial charge is 0.128 e. The monoisotopic (exact) mass is 997 g/mol. The number of phenols is 4. The Hall–Kier alpha value is -5.24. The number of nitrogens with zero attached hydrogens (tertiary/aromatic N) is 4. The maximum Gasteiger partial charge on any atom is 0.128 e. The van der Waals surface area contributed by atoms with Crippen LogP contribution in [0.3, 0.4) is 0 Å². The first-order chi connectivity index (χ1) is 33.6. The van der Waals surface area contributed by atoms with Gasteiger partial charge in [0.05, 0.1) is 6.04 Å². The van der Waals surface area contributed by atoms with Gasteiger partial charge in [-0.25, -0.2) is 0 Å². The molecule has 3 fully saturated rings. The van der Waals surface area contributed by atoms with Crippen molar-refractivity contribution in [1.82, 2.24) is 0 Å². The van der Waals surface area contributed by atoms with E-state index in [-0.39, 0.29) is 27.1 Å². The second-order valence-electron chi connectivity index (χ2n) is 26.5. The van der Waals surface area contributed by atoms with Crippen LogP contribution in [-0.2, 0) is 27.1 Å². The van der Waals surface area contributed by atoms with Crippen LogP contribution in [0.15, 0.2) is 68.5 Å². The molecule has 8 heteroatoms. The third kappa shape index (κ3) is 16.9. The summed E-state index contributed by atoms with van der Waals surface area (Å²) >= 11 is 0. The van der Waals surface area contributed by atoms with Crippen LogP contribution in [0.5, 0.6) is 23.0 Å². The molecule has 0 radical (unpaired) electrons. The zero-order chi connectivity index (χ0) is 55.0. The lowest BCUT2D eigenvalue weighted by atomic mass is 9.79. The zero-order valence-corrected chi connectivity index (χ0v) is 49.0. The molecule has 0 spiro atoms. The summed E-state index contributed by atoms with van der Waals surface area (Å²) in [6.45, 7) is 38.1. The fraction of sp³-hybridized carbons (Fsp3) is 0.569. The van der Waals surface area contributed by atoms with E-state index in [0.717, 1.165) is 61.9 Å². The fourth-order valence-corrected chi connectivity index (χ4v) is 10.3. The minimum absolute atomic E-state index is 0.0492. The molecule has 0 amide bonds. The van der Waals surface area contributed by atoms with E-state index in [2.05, 4.69) is 151 Å². The highest BCUT2D eigenvalue weighted by Crippen LogP contribution is 2.46. The van der Waals surface area contributed by atoms with Gasteiger partial charge in [-0.3, -0.25) is 20.0 Å². The number of aromatic hydroxyl groups is 4. The van der Waals surface area contributed by atoms with E-state index in [1.165, 1.54) is 68.1 Å². The molecule has 3 atom stereocenters. The topological polar surface area (TPSA) is 130 Å². The molecule has 4 N–H and O–H groups in total. The predicted molar refractivity (Wildman–Crippen MR) is 314 cm³/mol. The Labute approximate surface area is 442 Å². The normalized spacial score (nSPS) is 18.6. The quantitative estimate of drug-likeness (QED) is 0.143. The SMILES string of the molecule is CN=Cc1cc(C(C)(C)C)cc(C(C)(C)C)c1O.CN=Cc1cc(C)cc(C(C)(C)C)c1O.Cc1cc(C=NC2CC3CCC2C3)c(O)c(C(C)(C)C)c1.Cc1cc(C=NC2CCCC2)c(O)c(C(C)(C)C)c1. The average molecular weight is 998 g/mol. The molecular formula is C65H96N4O4. The van der Waals surface area contributed by atoms with Crippen molar-refractivity contribution >= 4 is 24.9 Å². The van der Waals surface area contributed by atoms with Gasteiger partial charge in [0.2, 0.25) is 0 Å². The largest absolute Gasteiger partial charge is 0.507 e. The summed E-state index contributed by atoms with van der Waals surface area (Å²) in [5, 5.41) is 41.4. The molecule has 400 valence electrons. The van der Waals surface area contributed by atoms with Crippen LogP contribution in [0, 0.1) is 32.6 Å². The maximum absolute atomic E-state index is 10.6. The lowest BCUT2D eigenvalue weighted by molar-refractivity contribution is 0.421. The van der Waals surface area contributed by atoms with Crippen LogP contribution in [0.2, 0.25) is 0 Å². The summed E-state index contributed by atoms with van der Waals surface area (Å²) in [5.74, 6) is 3.19. The number of benzene rings is 4. The number of fused-ring (bicyclic) bond motifs is 2. The summed E-state index contributed by atoms with van der Waals surface area (Å²) in [6, 6.07) is 17.3. The van der Waals surface area contributed by atoms with Crippen LogP contribution in [0.1, 0.15) is 222 Å². The van der Waals surface area contributed by atoms with Gasteiger partial charge in [0, 0.05) is 89.5 Å². The van der Waals surface area contributed by atoms with Crippen molar-refractivity contribution in [3.8, 4) is 23.0 Å². The molecule has 0 saturated heterocycles. The van der Waals surface area contributed by atoms with Gasteiger partial charge in [0.1, 0.15) is 23.0 Å². The Kier molecular flexibility index (Phi) is 20.2. The van der Waals surface area contributed by atoms with Gasteiger partial charge < -0.3 is 20.4 Å². The summed E-state index contributed by atoms with van der Waals surface area (Å²) in [6.07, 6.45) is 17.5. The van der Waals surface area contributed by atoms with Gasteiger partial charge in [-0.15, -0.1) is 0 Å². The van der Waals surface area contributed by atoms with Crippen LogP contribution >= 0.6 is 0 Å². The highest BCUT2D eigenvalue weighted by Gasteiger charge is 2.39. The maximum atomic E-state index is 10.6. The molecule has 7 rings (SSSR count). The van der Waals surface area contributed by atoms with E-state index in [1.807, 2.05) is 49.7 Å². The molecule has 73 heavy (non-hydrogen) atoms. The Morgan fingerprint density at radius 3 is 1.10 bits per heavy atom.